The van der Waals surface area contributed by atoms with Gasteiger partial charge < -0.3 is 10.2 Å². The van der Waals surface area contributed by atoms with E-state index in [1.807, 2.05) is 32.0 Å². The van der Waals surface area contributed by atoms with E-state index in [1.54, 1.807) is 0 Å². The molecular formula is C11H12BrN3O. The van der Waals surface area contributed by atoms with Crippen LogP contribution in [0.1, 0.15) is 24.4 Å². The molecule has 0 fully saturated rings. The van der Waals surface area contributed by atoms with E-state index >= 15 is 0 Å². The molecule has 0 aliphatic rings. The molecule has 4 nitrogen and oxygen atoms in total. The van der Waals surface area contributed by atoms with Crippen LogP contribution in [0.5, 0.6) is 0 Å². The van der Waals surface area contributed by atoms with Gasteiger partial charge in [0.1, 0.15) is 0 Å². The third-order valence-electron chi connectivity index (χ3n) is 2.26. The molecule has 1 aromatic carbocycles. The molecule has 5 heteroatoms. The van der Waals surface area contributed by atoms with Crippen molar-refractivity contribution in [2.24, 2.45) is 5.73 Å². The van der Waals surface area contributed by atoms with Gasteiger partial charge >= 0.3 is 0 Å². The van der Waals surface area contributed by atoms with Crippen LogP contribution in [0.25, 0.3) is 11.5 Å². The standard InChI is InChI=1S/C11H12BrN3O/c1-6-3-4-8(12)5-9(6)11-15-14-10(16-11)7(2)13/h3-5,7H,13H2,1-2H3. The molecule has 1 heterocycles. The number of benzene rings is 1. The molecule has 0 aliphatic carbocycles. The van der Waals surface area contributed by atoms with Gasteiger partial charge in [0.15, 0.2) is 0 Å². The van der Waals surface area contributed by atoms with Gasteiger partial charge in [-0.05, 0) is 31.5 Å². The minimum atomic E-state index is -0.242. The van der Waals surface area contributed by atoms with Gasteiger partial charge in [0.25, 0.3) is 0 Å². The number of hydrogen-bond donors (Lipinski definition) is 1. The summed E-state index contributed by atoms with van der Waals surface area (Å²) in [5.74, 6) is 0.959. The van der Waals surface area contributed by atoms with Crippen molar-refractivity contribution in [2.45, 2.75) is 19.9 Å². The molecule has 2 aromatic rings. The maximum atomic E-state index is 5.67. The molecule has 2 N–H and O–H groups in total. The largest absolute Gasteiger partial charge is 0.419 e. The predicted molar refractivity (Wildman–Crippen MR) is 64.8 cm³/mol. The van der Waals surface area contributed by atoms with Gasteiger partial charge in [-0.25, -0.2) is 0 Å². The van der Waals surface area contributed by atoms with Crippen LogP contribution in [0.15, 0.2) is 27.1 Å². The SMILES string of the molecule is Cc1ccc(Br)cc1-c1nnc(C(C)N)o1. The Morgan fingerprint density at radius 3 is 2.75 bits per heavy atom. The van der Waals surface area contributed by atoms with Crippen LogP contribution in [-0.2, 0) is 0 Å². The van der Waals surface area contributed by atoms with Gasteiger partial charge in [-0.15, -0.1) is 10.2 Å². The van der Waals surface area contributed by atoms with Gasteiger partial charge in [0.2, 0.25) is 11.8 Å². The van der Waals surface area contributed by atoms with E-state index in [4.69, 9.17) is 10.2 Å². The summed E-state index contributed by atoms with van der Waals surface area (Å²) >= 11 is 3.41. The third-order valence-corrected chi connectivity index (χ3v) is 2.75. The fraction of sp³-hybridized carbons (Fsp3) is 0.273. The average molecular weight is 282 g/mol. The lowest BCUT2D eigenvalue weighted by atomic mass is 10.1. The van der Waals surface area contributed by atoms with Crippen LogP contribution < -0.4 is 5.73 Å². The molecule has 0 amide bonds. The van der Waals surface area contributed by atoms with Crippen molar-refractivity contribution >= 4 is 15.9 Å². The lowest BCUT2D eigenvalue weighted by Crippen LogP contribution is -2.04. The monoisotopic (exact) mass is 281 g/mol. The van der Waals surface area contributed by atoms with Crippen LogP contribution >= 0.6 is 15.9 Å². The number of halogens is 1. The summed E-state index contributed by atoms with van der Waals surface area (Å²) in [7, 11) is 0. The van der Waals surface area contributed by atoms with Gasteiger partial charge in [0, 0.05) is 10.0 Å². The van der Waals surface area contributed by atoms with Gasteiger partial charge in [-0.3, -0.25) is 0 Å². The van der Waals surface area contributed by atoms with Gasteiger partial charge in [-0.1, -0.05) is 22.0 Å². The zero-order valence-corrected chi connectivity index (χ0v) is 10.7. The molecule has 0 saturated heterocycles. The Labute approximate surface area is 102 Å². The van der Waals surface area contributed by atoms with Crippen molar-refractivity contribution in [3.05, 3.63) is 34.1 Å². The fourth-order valence-corrected chi connectivity index (χ4v) is 1.71. The lowest BCUT2D eigenvalue weighted by Gasteiger charge is -2.01. The fourth-order valence-electron chi connectivity index (χ4n) is 1.35. The van der Waals surface area contributed by atoms with E-state index in [9.17, 15) is 0 Å². The zero-order valence-electron chi connectivity index (χ0n) is 9.07. The molecule has 84 valence electrons. The predicted octanol–water partition coefficient (Wildman–Crippen LogP) is 2.83. The summed E-state index contributed by atoms with van der Waals surface area (Å²) in [5.41, 5.74) is 7.68. The molecule has 1 aromatic heterocycles. The first kappa shape index (κ1) is 11.3. The summed E-state index contributed by atoms with van der Waals surface area (Å²) in [6.45, 7) is 3.81. The number of nitrogens with zero attached hydrogens (tertiary/aromatic N) is 2. The smallest absolute Gasteiger partial charge is 0.248 e. The summed E-state index contributed by atoms with van der Waals surface area (Å²) in [4.78, 5) is 0. The van der Waals surface area contributed by atoms with Crippen LogP contribution in [0.4, 0.5) is 0 Å². The van der Waals surface area contributed by atoms with E-state index in [2.05, 4.69) is 26.1 Å². The van der Waals surface area contributed by atoms with Crippen molar-refractivity contribution in [3.63, 3.8) is 0 Å². The molecule has 0 radical (unpaired) electrons. The van der Waals surface area contributed by atoms with Crippen molar-refractivity contribution in [2.75, 3.05) is 0 Å². The highest BCUT2D eigenvalue weighted by molar-refractivity contribution is 9.10. The Hall–Kier alpha value is -1.20. The molecule has 16 heavy (non-hydrogen) atoms. The first-order valence-electron chi connectivity index (χ1n) is 4.93. The maximum absolute atomic E-state index is 5.67. The van der Waals surface area contributed by atoms with Crippen LogP contribution in [-0.4, -0.2) is 10.2 Å². The molecule has 0 bridgehead atoms. The summed E-state index contributed by atoms with van der Waals surface area (Å²) in [5, 5.41) is 7.90. The van der Waals surface area contributed by atoms with E-state index in [0.717, 1.165) is 15.6 Å². The molecule has 0 spiro atoms. The second kappa shape index (κ2) is 4.35. The Bertz CT molecular complexity index is 508. The lowest BCUT2D eigenvalue weighted by molar-refractivity contribution is 0.473. The minimum absolute atomic E-state index is 0.242. The summed E-state index contributed by atoms with van der Waals surface area (Å²) < 4.78 is 6.48. The molecule has 0 saturated carbocycles. The van der Waals surface area contributed by atoms with E-state index in [0.29, 0.717) is 11.8 Å². The number of hydrogen-bond acceptors (Lipinski definition) is 4. The Kier molecular flexibility index (Phi) is 3.07. The van der Waals surface area contributed by atoms with E-state index < -0.39 is 0 Å². The third kappa shape index (κ3) is 2.15. The molecule has 2 rings (SSSR count). The first-order chi connectivity index (χ1) is 7.58. The second-order valence-electron chi connectivity index (χ2n) is 3.69. The van der Waals surface area contributed by atoms with E-state index in [1.165, 1.54) is 0 Å². The normalized spacial score (nSPS) is 12.8. The summed E-state index contributed by atoms with van der Waals surface area (Å²) in [6, 6.07) is 5.68. The van der Waals surface area contributed by atoms with Gasteiger partial charge in [-0.2, -0.15) is 0 Å². The molecule has 1 atom stereocenters. The molecular weight excluding hydrogens is 270 g/mol. The van der Waals surface area contributed by atoms with Crippen molar-refractivity contribution in [3.8, 4) is 11.5 Å². The van der Waals surface area contributed by atoms with E-state index in [-0.39, 0.29) is 6.04 Å². The van der Waals surface area contributed by atoms with Crippen LogP contribution in [0.2, 0.25) is 0 Å². The summed E-state index contributed by atoms with van der Waals surface area (Å²) in [6.07, 6.45) is 0. The van der Waals surface area contributed by atoms with Gasteiger partial charge in [0.05, 0.1) is 6.04 Å². The Balaban J connectivity index is 2.46. The highest BCUT2D eigenvalue weighted by Gasteiger charge is 2.13. The minimum Gasteiger partial charge on any atom is -0.419 e. The average Bonchev–Trinajstić information content (AvgIpc) is 2.70. The topological polar surface area (TPSA) is 64.9 Å². The molecule has 0 aliphatic heterocycles. The Morgan fingerprint density at radius 2 is 2.12 bits per heavy atom. The van der Waals surface area contributed by atoms with Crippen LogP contribution in [0.3, 0.4) is 0 Å². The highest BCUT2D eigenvalue weighted by Crippen LogP contribution is 2.26. The quantitative estimate of drug-likeness (QED) is 0.919. The Morgan fingerprint density at radius 1 is 1.38 bits per heavy atom. The zero-order chi connectivity index (χ0) is 11.7. The first-order valence-corrected chi connectivity index (χ1v) is 5.72. The maximum Gasteiger partial charge on any atom is 0.248 e. The van der Waals surface area contributed by atoms with Crippen molar-refractivity contribution in [1.82, 2.24) is 10.2 Å². The number of aromatic nitrogens is 2. The highest BCUT2D eigenvalue weighted by atomic mass is 79.9. The van der Waals surface area contributed by atoms with Crippen LogP contribution in [0, 0.1) is 6.92 Å². The molecule has 1 unspecified atom stereocenters. The number of rotatable bonds is 2. The van der Waals surface area contributed by atoms with Crippen molar-refractivity contribution < 1.29 is 4.42 Å². The number of nitrogens with two attached hydrogens (primary N) is 1. The number of aryl methyl sites for hydroxylation is 1. The second-order valence-corrected chi connectivity index (χ2v) is 4.61. The van der Waals surface area contributed by atoms with Crippen molar-refractivity contribution in [1.29, 1.82) is 0 Å².